The van der Waals surface area contributed by atoms with Gasteiger partial charge in [0.1, 0.15) is 0 Å². The maximum atomic E-state index is 5.47. The molecule has 16 heavy (non-hydrogen) atoms. The third-order valence-corrected chi connectivity index (χ3v) is 1.88. The molecule has 6 heteroatoms. The zero-order valence-electron chi connectivity index (χ0n) is 9.81. The van der Waals surface area contributed by atoms with Gasteiger partial charge in [-0.05, 0) is 14.1 Å². The Bertz CT molecular complexity index is 288. The van der Waals surface area contributed by atoms with Gasteiger partial charge in [0.15, 0.2) is 0 Å². The van der Waals surface area contributed by atoms with Crippen LogP contribution in [0.2, 0.25) is 0 Å². The van der Waals surface area contributed by atoms with Crippen molar-refractivity contribution in [2.45, 2.75) is 0 Å². The van der Waals surface area contributed by atoms with Crippen LogP contribution in [0.25, 0.3) is 0 Å². The number of likely N-dealkylation sites (N-methyl/N-ethyl adjacent to an activating group) is 1. The Hall–Kier alpha value is -1.40. The van der Waals surface area contributed by atoms with Crippen LogP contribution in [-0.2, 0) is 4.74 Å². The molecule has 0 spiro atoms. The number of aromatic nitrogens is 2. The molecular weight excluding hydrogens is 206 g/mol. The van der Waals surface area contributed by atoms with E-state index < -0.39 is 0 Å². The fraction of sp³-hybridized carbons (Fsp3) is 0.600. The summed E-state index contributed by atoms with van der Waals surface area (Å²) in [4.78, 5) is 10.1. The molecule has 0 aliphatic rings. The van der Waals surface area contributed by atoms with Crippen molar-refractivity contribution in [3.8, 4) is 0 Å². The van der Waals surface area contributed by atoms with Crippen molar-refractivity contribution in [3.05, 3.63) is 12.4 Å². The molecule has 1 rings (SSSR count). The van der Waals surface area contributed by atoms with Gasteiger partial charge in [-0.1, -0.05) is 0 Å². The van der Waals surface area contributed by atoms with E-state index in [0.29, 0.717) is 24.8 Å². The van der Waals surface area contributed by atoms with Crippen molar-refractivity contribution in [3.63, 3.8) is 0 Å². The molecule has 0 aliphatic heterocycles. The van der Waals surface area contributed by atoms with E-state index in [0.717, 1.165) is 13.2 Å². The van der Waals surface area contributed by atoms with Gasteiger partial charge in [0.2, 0.25) is 5.95 Å². The van der Waals surface area contributed by atoms with E-state index >= 15 is 0 Å². The standard InChI is InChI=1S/C10H19N5O/c1-15(2)4-6-16-5-3-12-10-13-7-9(11)8-14-10/h7-8H,3-6,11H2,1-2H3,(H,12,13,14). The van der Waals surface area contributed by atoms with E-state index in [1.165, 1.54) is 0 Å². The lowest BCUT2D eigenvalue weighted by Crippen LogP contribution is -2.20. The average molecular weight is 225 g/mol. The number of rotatable bonds is 7. The molecule has 0 aromatic carbocycles. The summed E-state index contributed by atoms with van der Waals surface area (Å²) in [6.45, 7) is 2.99. The predicted molar refractivity (Wildman–Crippen MR) is 64.3 cm³/mol. The van der Waals surface area contributed by atoms with Crippen LogP contribution >= 0.6 is 0 Å². The quantitative estimate of drug-likeness (QED) is 0.639. The van der Waals surface area contributed by atoms with Crippen LogP contribution in [0.15, 0.2) is 12.4 Å². The largest absolute Gasteiger partial charge is 0.396 e. The van der Waals surface area contributed by atoms with Gasteiger partial charge < -0.3 is 20.7 Å². The number of ether oxygens (including phenoxy) is 1. The molecule has 1 aromatic heterocycles. The lowest BCUT2D eigenvalue weighted by Gasteiger charge is -2.10. The van der Waals surface area contributed by atoms with E-state index in [4.69, 9.17) is 10.5 Å². The van der Waals surface area contributed by atoms with Gasteiger partial charge in [-0.2, -0.15) is 0 Å². The minimum atomic E-state index is 0.563. The van der Waals surface area contributed by atoms with Gasteiger partial charge >= 0.3 is 0 Å². The van der Waals surface area contributed by atoms with E-state index in [9.17, 15) is 0 Å². The highest BCUT2D eigenvalue weighted by atomic mass is 16.5. The van der Waals surface area contributed by atoms with Gasteiger partial charge in [-0.25, -0.2) is 9.97 Å². The first kappa shape index (κ1) is 12.7. The third-order valence-electron chi connectivity index (χ3n) is 1.88. The fourth-order valence-corrected chi connectivity index (χ4v) is 1.01. The monoisotopic (exact) mass is 225 g/mol. The summed E-state index contributed by atoms with van der Waals surface area (Å²) in [6, 6.07) is 0. The molecule has 0 saturated heterocycles. The second kappa shape index (κ2) is 6.97. The minimum absolute atomic E-state index is 0.563. The summed E-state index contributed by atoms with van der Waals surface area (Å²) >= 11 is 0. The van der Waals surface area contributed by atoms with Crippen LogP contribution in [0, 0.1) is 0 Å². The summed E-state index contributed by atoms with van der Waals surface area (Å²) < 4.78 is 5.41. The van der Waals surface area contributed by atoms with Crippen molar-refractivity contribution in [1.82, 2.24) is 14.9 Å². The number of anilines is 2. The van der Waals surface area contributed by atoms with Gasteiger partial charge in [-0.15, -0.1) is 0 Å². The van der Waals surface area contributed by atoms with E-state index in [1.54, 1.807) is 12.4 Å². The highest BCUT2D eigenvalue weighted by Crippen LogP contribution is 1.99. The van der Waals surface area contributed by atoms with E-state index in [-0.39, 0.29) is 0 Å². The van der Waals surface area contributed by atoms with Crippen LogP contribution in [0.3, 0.4) is 0 Å². The zero-order valence-corrected chi connectivity index (χ0v) is 9.81. The molecule has 0 fully saturated rings. The SMILES string of the molecule is CN(C)CCOCCNc1ncc(N)cn1. The lowest BCUT2D eigenvalue weighted by molar-refractivity contribution is 0.126. The van der Waals surface area contributed by atoms with Crippen LogP contribution in [0.5, 0.6) is 0 Å². The maximum Gasteiger partial charge on any atom is 0.222 e. The van der Waals surface area contributed by atoms with Gasteiger partial charge in [0.25, 0.3) is 0 Å². The molecule has 1 heterocycles. The molecule has 0 amide bonds. The van der Waals surface area contributed by atoms with Gasteiger partial charge in [0, 0.05) is 13.1 Å². The van der Waals surface area contributed by atoms with E-state index in [1.807, 2.05) is 14.1 Å². The number of nitrogen functional groups attached to an aromatic ring is 1. The number of hydrogen-bond donors (Lipinski definition) is 2. The normalized spacial score (nSPS) is 10.7. The summed E-state index contributed by atoms with van der Waals surface area (Å²) in [6.07, 6.45) is 3.14. The highest BCUT2D eigenvalue weighted by molar-refractivity contribution is 5.35. The van der Waals surface area contributed by atoms with Crippen molar-refractivity contribution in [1.29, 1.82) is 0 Å². The molecule has 0 saturated carbocycles. The number of nitrogens with zero attached hydrogens (tertiary/aromatic N) is 3. The average Bonchev–Trinajstić information content (AvgIpc) is 2.25. The topological polar surface area (TPSA) is 76.3 Å². The molecule has 0 aliphatic carbocycles. The minimum Gasteiger partial charge on any atom is -0.396 e. The Kier molecular flexibility index (Phi) is 5.52. The van der Waals surface area contributed by atoms with Gasteiger partial charge in [-0.3, -0.25) is 0 Å². The first-order valence-corrected chi connectivity index (χ1v) is 5.22. The fourth-order valence-electron chi connectivity index (χ4n) is 1.01. The molecule has 0 unspecified atom stereocenters. The first-order chi connectivity index (χ1) is 7.68. The zero-order chi connectivity index (χ0) is 11.8. The third kappa shape index (κ3) is 5.47. The van der Waals surface area contributed by atoms with Crippen molar-refractivity contribution < 1.29 is 4.74 Å². The molecule has 90 valence electrons. The summed E-state index contributed by atoms with van der Waals surface area (Å²) in [7, 11) is 4.04. The predicted octanol–water partition coefficient (Wildman–Crippen LogP) is 0.0489. The highest BCUT2D eigenvalue weighted by Gasteiger charge is 1.95. The van der Waals surface area contributed by atoms with E-state index in [2.05, 4.69) is 20.2 Å². The number of nitrogens with two attached hydrogens (primary N) is 1. The second-order valence-corrected chi connectivity index (χ2v) is 3.68. The molecule has 0 bridgehead atoms. The van der Waals surface area contributed by atoms with Crippen LogP contribution in [0.4, 0.5) is 11.6 Å². The molecule has 1 aromatic rings. The summed E-state index contributed by atoms with van der Waals surface area (Å²) in [5, 5.41) is 3.04. The summed E-state index contributed by atoms with van der Waals surface area (Å²) in [5.41, 5.74) is 6.03. The van der Waals surface area contributed by atoms with Crippen LogP contribution in [-0.4, -0.2) is 55.3 Å². The molecule has 6 nitrogen and oxygen atoms in total. The van der Waals surface area contributed by atoms with Crippen LogP contribution < -0.4 is 11.1 Å². The van der Waals surface area contributed by atoms with Crippen molar-refractivity contribution in [2.24, 2.45) is 0 Å². The Morgan fingerprint density at radius 2 is 2.00 bits per heavy atom. The van der Waals surface area contributed by atoms with Crippen molar-refractivity contribution in [2.75, 3.05) is 51.4 Å². The Morgan fingerprint density at radius 1 is 1.31 bits per heavy atom. The smallest absolute Gasteiger partial charge is 0.222 e. The molecular formula is C10H19N5O. The Morgan fingerprint density at radius 3 is 2.62 bits per heavy atom. The number of hydrogen-bond acceptors (Lipinski definition) is 6. The lowest BCUT2D eigenvalue weighted by atomic mass is 10.5. The molecule has 3 N–H and O–H groups in total. The first-order valence-electron chi connectivity index (χ1n) is 5.22. The molecule has 0 radical (unpaired) electrons. The Labute approximate surface area is 95.8 Å². The van der Waals surface area contributed by atoms with Crippen molar-refractivity contribution >= 4 is 11.6 Å². The van der Waals surface area contributed by atoms with Crippen LogP contribution in [0.1, 0.15) is 0 Å². The Balaban J connectivity index is 2.05. The molecule has 0 atom stereocenters. The number of nitrogens with one attached hydrogen (secondary N) is 1. The maximum absolute atomic E-state index is 5.47. The second-order valence-electron chi connectivity index (χ2n) is 3.68. The summed E-state index contributed by atoms with van der Waals surface area (Å²) in [5.74, 6) is 0.574. The van der Waals surface area contributed by atoms with Gasteiger partial charge in [0.05, 0.1) is 31.3 Å².